The van der Waals surface area contributed by atoms with Gasteiger partial charge >= 0.3 is 18.8 Å². The minimum Gasteiger partial charge on any atom is -0.447 e. The number of carbonyl (C=O) groups is 2. The van der Waals surface area contributed by atoms with Crippen LogP contribution in [0.3, 0.4) is 0 Å². The minimum absolute atomic E-state index is 0.0627. The van der Waals surface area contributed by atoms with Crippen molar-refractivity contribution in [3.8, 4) is 11.1 Å². The van der Waals surface area contributed by atoms with Gasteiger partial charge in [-0.1, -0.05) is 62.7 Å². The van der Waals surface area contributed by atoms with Gasteiger partial charge in [-0.15, -0.1) is 5.01 Å². The van der Waals surface area contributed by atoms with Gasteiger partial charge in [-0.05, 0) is 66.3 Å². The fourth-order valence-electron chi connectivity index (χ4n) is 7.02. The summed E-state index contributed by atoms with van der Waals surface area (Å²) in [6.07, 6.45) is -0.777. The van der Waals surface area contributed by atoms with Crippen molar-refractivity contribution in [2.75, 3.05) is 6.61 Å². The summed E-state index contributed by atoms with van der Waals surface area (Å²) in [6, 6.07) is 10.7. The third kappa shape index (κ3) is 7.10. The molecule has 1 aromatic heterocycles. The first-order valence-electron chi connectivity index (χ1n) is 17.4. The summed E-state index contributed by atoms with van der Waals surface area (Å²) < 4.78 is 76.2. The van der Waals surface area contributed by atoms with E-state index in [1.54, 1.807) is 18.3 Å². The molecule has 3 atom stereocenters. The number of nitrogens with two attached hydrogens (primary N) is 1. The van der Waals surface area contributed by atoms with Crippen molar-refractivity contribution in [3.63, 3.8) is 0 Å². The average Bonchev–Trinajstić information content (AvgIpc) is 3.97. The number of aromatic nitrogens is 2. The number of aliphatic imine (C=N–C) groups is 2. The number of benzene rings is 2. The lowest BCUT2D eigenvalue weighted by Gasteiger charge is -2.35. The van der Waals surface area contributed by atoms with Crippen LogP contribution in [0.5, 0.6) is 0 Å². The van der Waals surface area contributed by atoms with E-state index in [0.717, 1.165) is 35.2 Å². The van der Waals surface area contributed by atoms with Gasteiger partial charge in [0.25, 0.3) is 5.91 Å². The molecule has 2 saturated carbocycles. The Morgan fingerprint density at radius 1 is 1.11 bits per heavy atom. The van der Waals surface area contributed by atoms with Gasteiger partial charge in [0.05, 0.1) is 24.6 Å². The number of hydrogen-bond acceptors (Lipinski definition) is 9. The van der Waals surface area contributed by atoms with Crippen LogP contribution in [0.4, 0.5) is 26.7 Å². The number of hydrogen-bond donors (Lipinski definition) is 3. The fourth-order valence-corrected chi connectivity index (χ4v) is 7.24. The first-order valence-corrected chi connectivity index (χ1v) is 17.8. The minimum atomic E-state index is -4.70. The van der Waals surface area contributed by atoms with E-state index in [4.69, 9.17) is 27.1 Å². The van der Waals surface area contributed by atoms with Crippen LogP contribution in [-0.4, -0.2) is 68.9 Å². The third-order valence-corrected chi connectivity index (χ3v) is 10.4. The summed E-state index contributed by atoms with van der Waals surface area (Å²) in [7, 11) is 0. The Morgan fingerprint density at radius 3 is 2.43 bits per heavy atom. The summed E-state index contributed by atoms with van der Waals surface area (Å²) >= 11 is 6.48. The number of alkyl carbamates (subject to hydrolysis) is 1. The summed E-state index contributed by atoms with van der Waals surface area (Å²) in [5.41, 5.74) is 7.14. The zero-order valence-corrected chi connectivity index (χ0v) is 30.3. The van der Waals surface area contributed by atoms with Crippen molar-refractivity contribution in [1.29, 1.82) is 0 Å². The monoisotopic (exact) mass is 775 g/mol. The first kappa shape index (κ1) is 37.5. The number of nitrogens with one attached hydrogen (secondary N) is 2. The van der Waals surface area contributed by atoms with E-state index in [1.807, 2.05) is 49.1 Å². The highest BCUT2D eigenvalue weighted by atomic mass is 35.5. The Morgan fingerprint density at radius 2 is 1.81 bits per heavy atom. The molecular formula is C36H39ClF5N9O3. The lowest BCUT2D eigenvalue weighted by Crippen LogP contribution is -2.50. The lowest BCUT2D eigenvalue weighted by atomic mass is 9.75. The molecule has 3 heterocycles. The topological polar surface area (TPSA) is 142 Å². The number of carbonyl (C=O) groups excluding carboxylic acids is 2. The van der Waals surface area contributed by atoms with Crippen LogP contribution in [0.2, 0.25) is 5.02 Å². The second-order valence-electron chi connectivity index (χ2n) is 15.3. The average molecular weight is 776 g/mol. The van der Waals surface area contributed by atoms with Crippen molar-refractivity contribution < 1.29 is 36.3 Å². The van der Waals surface area contributed by atoms with Gasteiger partial charge < -0.3 is 21.2 Å². The van der Waals surface area contributed by atoms with Gasteiger partial charge in [0.2, 0.25) is 0 Å². The van der Waals surface area contributed by atoms with Crippen molar-refractivity contribution in [3.05, 3.63) is 76.6 Å². The number of guanidine groups is 1. The van der Waals surface area contributed by atoms with Crippen LogP contribution in [0.25, 0.3) is 11.1 Å². The third-order valence-electron chi connectivity index (χ3n) is 10.0. The maximum atomic E-state index is 15.0. The highest BCUT2D eigenvalue weighted by molar-refractivity contribution is 6.31. The number of amides is 2. The van der Waals surface area contributed by atoms with Crippen molar-refractivity contribution in [1.82, 2.24) is 30.4 Å². The Hall–Kier alpha value is -4.77. The summed E-state index contributed by atoms with van der Waals surface area (Å²) in [6.45, 7) is 2.15. The summed E-state index contributed by atoms with van der Waals surface area (Å²) in [4.78, 5) is 37.9. The summed E-state index contributed by atoms with van der Waals surface area (Å²) in [5, 5.41) is 7.01. The predicted molar refractivity (Wildman–Crippen MR) is 189 cm³/mol. The standard InChI is InChI=1S/C36H39ClF5N9O3/c1-33(2,3)18-35(23-7-4-20(5-8-23)22-15-45-49(16-22)24-9-10-24)29(52)50(31(43)47-35)27(17-54-32(53)48-34(12-13-34)36(40,41)42)21-6-11-26(37)25(14-21)28-44-19-46-51(28)30(38)39/h4-8,11,14-16,19,24,27-28,30H,9-10,12-13,17-18H2,1-3H3,(H2,43,47)(H,44,46)(H,48,53)/t27-,28?,35-/m1/s1. The van der Waals surface area contributed by atoms with Crippen molar-refractivity contribution in [2.45, 2.75) is 94.9 Å². The van der Waals surface area contributed by atoms with E-state index >= 15 is 0 Å². The number of hydrazine groups is 1. The second-order valence-corrected chi connectivity index (χ2v) is 15.7. The SMILES string of the molecule is CC(C)(C)C[C@]1(c2ccc(-c3cnn(C4CC4)c3)cc2)N=C(N)N([C@H](COC(=O)NC2(C(F)(F)F)CC2)c2ccc(Cl)c(C3N=CNN3C(F)F)c2)C1=O. The van der Waals surface area contributed by atoms with Gasteiger partial charge in [0.15, 0.2) is 17.7 Å². The molecule has 2 amide bonds. The van der Waals surface area contributed by atoms with E-state index in [-0.39, 0.29) is 41.4 Å². The Bertz CT molecular complexity index is 1990. The van der Waals surface area contributed by atoms with E-state index < -0.39 is 60.0 Å². The molecule has 288 valence electrons. The molecule has 0 bridgehead atoms. The fraction of sp³-hybridized carbons (Fsp3) is 0.472. The van der Waals surface area contributed by atoms with Crippen molar-refractivity contribution in [2.24, 2.45) is 21.1 Å². The highest BCUT2D eigenvalue weighted by Crippen LogP contribution is 2.49. The number of nitrogens with zero attached hydrogens (tertiary/aromatic N) is 6. The van der Waals surface area contributed by atoms with Gasteiger partial charge in [0, 0.05) is 22.3 Å². The van der Waals surface area contributed by atoms with Crippen LogP contribution >= 0.6 is 11.6 Å². The Labute approximate surface area is 312 Å². The molecule has 3 aromatic rings. The highest BCUT2D eigenvalue weighted by Gasteiger charge is 2.64. The molecule has 0 radical (unpaired) electrons. The molecule has 0 saturated heterocycles. The molecule has 7 rings (SSSR count). The van der Waals surface area contributed by atoms with Gasteiger partial charge in [0.1, 0.15) is 12.1 Å². The molecule has 4 aliphatic rings. The van der Waals surface area contributed by atoms with E-state index in [2.05, 4.69) is 15.5 Å². The number of ether oxygens (including phenoxy) is 1. The summed E-state index contributed by atoms with van der Waals surface area (Å²) in [5.74, 6) is -0.827. The van der Waals surface area contributed by atoms with E-state index in [0.29, 0.717) is 16.6 Å². The van der Waals surface area contributed by atoms with Gasteiger partial charge in [-0.25, -0.2) is 14.8 Å². The van der Waals surface area contributed by atoms with Crippen LogP contribution in [0, 0.1) is 5.41 Å². The molecule has 2 fully saturated rings. The number of rotatable bonds is 11. The lowest BCUT2D eigenvalue weighted by molar-refractivity contribution is -0.164. The molecule has 54 heavy (non-hydrogen) atoms. The molecular weight excluding hydrogens is 737 g/mol. The van der Waals surface area contributed by atoms with Crippen LogP contribution in [-0.2, 0) is 15.1 Å². The molecule has 2 aliphatic heterocycles. The maximum absolute atomic E-state index is 15.0. The number of halogens is 6. The molecule has 2 aromatic carbocycles. The molecule has 12 nitrogen and oxygen atoms in total. The quantitative estimate of drug-likeness (QED) is 0.141. The van der Waals surface area contributed by atoms with Crippen LogP contribution in [0.1, 0.15) is 87.8 Å². The van der Waals surface area contributed by atoms with Crippen LogP contribution < -0.4 is 16.5 Å². The Balaban J connectivity index is 1.25. The van der Waals surface area contributed by atoms with Crippen molar-refractivity contribution >= 4 is 35.9 Å². The van der Waals surface area contributed by atoms with E-state index in [9.17, 15) is 31.5 Å². The molecule has 0 spiro atoms. The molecule has 1 unspecified atom stereocenters. The second kappa shape index (κ2) is 13.5. The van der Waals surface area contributed by atoms with Gasteiger partial charge in [-0.3, -0.25) is 14.4 Å². The largest absolute Gasteiger partial charge is 0.447 e. The Kier molecular flexibility index (Phi) is 9.39. The van der Waals surface area contributed by atoms with Gasteiger partial charge in [-0.2, -0.15) is 27.1 Å². The molecule has 4 N–H and O–H groups in total. The van der Waals surface area contributed by atoms with E-state index in [1.165, 1.54) is 18.2 Å². The number of alkyl halides is 5. The first-order chi connectivity index (χ1) is 25.4. The molecule has 2 aliphatic carbocycles. The predicted octanol–water partition coefficient (Wildman–Crippen LogP) is 6.96. The zero-order chi connectivity index (χ0) is 38.8. The normalized spacial score (nSPS) is 23.1. The smallest absolute Gasteiger partial charge is 0.411 e. The zero-order valence-electron chi connectivity index (χ0n) is 29.6. The maximum Gasteiger partial charge on any atom is 0.411 e. The van der Waals surface area contributed by atoms with Crippen LogP contribution in [0.15, 0.2) is 64.8 Å². The molecule has 18 heteroatoms.